The molecule has 1 aliphatic carbocycles. The summed E-state index contributed by atoms with van der Waals surface area (Å²) in [5, 5.41) is 0. The molecule has 0 unspecified atom stereocenters. The number of carbonyl (C=O) groups is 1. The van der Waals surface area contributed by atoms with Crippen molar-refractivity contribution < 1.29 is 9.69 Å². The maximum absolute atomic E-state index is 10.7. The van der Waals surface area contributed by atoms with E-state index in [0.717, 1.165) is 31.0 Å². The van der Waals surface area contributed by atoms with E-state index in [9.17, 15) is 4.79 Å². The number of rotatable bonds is 3. The average molecular weight is 236 g/mol. The number of piperidine rings is 1. The van der Waals surface area contributed by atoms with Gasteiger partial charge in [-0.15, -0.1) is 0 Å². The van der Waals surface area contributed by atoms with Gasteiger partial charge in [-0.2, -0.15) is 0 Å². The van der Waals surface area contributed by atoms with Crippen molar-refractivity contribution in [1.29, 1.82) is 0 Å². The summed E-state index contributed by atoms with van der Waals surface area (Å²) in [5.41, 5.74) is 0. The highest BCUT2D eigenvalue weighted by Crippen LogP contribution is 2.29. The number of hydrogen-bond donors (Lipinski definition) is 1. The standard InChI is InChI=1S/C15H25NO/c1-16-10-8-14(9-11-16)3-2-13-4-6-15(12-17)7-5-13/h2-3,12-15H,4-11H2,1H3/p+1. The van der Waals surface area contributed by atoms with E-state index >= 15 is 0 Å². The summed E-state index contributed by atoms with van der Waals surface area (Å²) in [5.74, 6) is 1.92. The summed E-state index contributed by atoms with van der Waals surface area (Å²) >= 11 is 0. The summed E-state index contributed by atoms with van der Waals surface area (Å²) in [6.07, 6.45) is 13.4. The third-order valence-electron chi connectivity index (χ3n) is 4.55. The van der Waals surface area contributed by atoms with Crippen LogP contribution in [-0.2, 0) is 4.79 Å². The molecule has 0 atom stereocenters. The fraction of sp³-hybridized carbons (Fsp3) is 0.800. The van der Waals surface area contributed by atoms with E-state index in [1.807, 2.05) is 0 Å². The molecule has 1 saturated carbocycles. The van der Waals surface area contributed by atoms with E-state index in [0.29, 0.717) is 5.92 Å². The lowest BCUT2D eigenvalue weighted by Crippen LogP contribution is -3.10. The van der Waals surface area contributed by atoms with Crippen LogP contribution in [0.1, 0.15) is 38.5 Å². The van der Waals surface area contributed by atoms with Gasteiger partial charge in [-0.1, -0.05) is 12.2 Å². The van der Waals surface area contributed by atoms with Crippen molar-refractivity contribution in [3.8, 4) is 0 Å². The van der Waals surface area contributed by atoms with E-state index in [1.165, 1.54) is 38.8 Å². The van der Waals surface area contributed by atoms with Gasteiger partial charge in [0.15, 0.2) is 0 Å². The largest absolute Gasteiger partial charge is 0.337 e. The van der Waals surface area contributed by atoms with Gasteiger partial charge < -0.3 is 9.69 Å². The van der Waals surface area contributed by atoms with Gasteiger partial charge in [-0.05, 0) is 37.5 Å². The average Bonchev–Trinajstić information content (AvgIpc) is 2.39. The minimum atomic E-state index is 0.353. The Balaban J connectivity index is 1.72. The molecule has 0 radical (unpaired) electrons. The third-order valence-corrected chi connectivity index (χ3v) is 4.55. The molecule has 1 heterocycles. The summed E-state index contributed by atoms with van der Waals surface area (Å²) in [7, 11) is 2.29. The zero-order valence-corrected chi connectivity index (χ0v) is 11.0. The van der Waals surface area contributed by atoms with Crippen molar-refractivity contribution in [2.45, 2.75) is 38.5 Å². The summed E-state index contributed by atoms with van der Waals surface area (Å²) in [6, 6.07) is 0. The molecule has 1 N–H and O–H groups in total. The van der Waals surface area contributed by atoms with Crippen molar-refractivity contribution in [3.05, 3.63) is 12.2 Å². The normalized spacial score (nSPS) is 39.4. The molecule has 2 fully saturated rings. The maximum atomic E-state index is 10.7. The van der Waals surface area contributed by atoms with Gasteiger partial charge in [0.1, 0.15) is 6.29 Å². The van der Waals surface area contributed by atoms with Crippen molar-refractivity contribution in [2.24, 2.45) is 17.8 Å². The molecule has 2 heteroatoms. The zero-order chi connectivity index (χ0) is 12.1. The second-order valence-electron chi connectivity index (χ2n) is 5.99. The number of hydrogen-bond acceptors (Lipinski definition) is 1. The number of nitrogens with one attached hydrogen (secondary N) is 1. The number of quaternary nitrogens is 1. The van der Waals surface area contributed by atoms with Gasteiger partial charge in [0, 0.05) is 18.8 Å². The second-order valence-corrected chi connectivity index (χ2v) is 5.99. The van der Waals surface area contributed by atoms with E-state index < -0.39 is 0 Å². The summed E-state index contributed by atoms with van der Waals surface area (Å²) in [6.45, 7) is 2.65. The van der Waals surface area contributed by atoms with Crippen LogP contribution in [0.25, 0.3) is 0 Å². The third kappa shape index (κ3) is 3.95. The molecule has 2 aliphatic rings. The van der Waals surface area contributed by atoms with Crippen LogP contribution >= 0.6 is 0 Å². The first-order valence-electron chi connectivity index (χ1n) is 7.23. The second kappa shape index (κ2) is 6.34. The number of aldehydes is 1. The van der Waals surface area contributed by atoms with Crippen LogP contribution in [0.5, 0.6) is 0 Å². The highest BCUT2D eigenvalue weighted by Gasteiger charge is 2.20. The maximum Gasteiger partial charge on any atom is 0.123 e. The van der Waals surface area contributed by atoms with E-state index in [4.69, 9.17) is 0 Å². The Hall–Kier alpha value is -0.630. The first kappa shape index (κ1) is 12.8. The van der Waals surface area contributed by atoms with E-state index in [1.54, 1.807) is 4.90 Å². The van der Waals surface area contributed by atoms with Crippen molar-refractivity contribution >= 4 is 6.29 Å². The fourth-order valence-corrected chi connectivity index (χ4v) is 3.11. The van der Waals surface area contributed by atoms with E-state index in [-0.39, 0.29) is 0 Å². The smallest absolute Gasteiger partial charge is 0.123 e. The first-order chi connectivity index (χ1) is 8.28. The molecule has 1 aliphatic heterocycles. The minimum Gasteiger partial charge on any atom is -0.337 e. The van der Waals surface area contributed by atoms with Crippen LogP contribution < -0.4 is 4.90 Å². The molecule has 0 aromatic carbocycles. The quantitative estimate of drug-likeness (QED) is 0.581. The van der Waals surface area contributed by atoms with Crippen LogP contribution in [0, 0.1) is 17.8 Å². The summed E-state index contributed by atoms with van der Waals surface area (Å²) < 4.78 is 0. The van der Waals surface area contributed by atoms with E-state index in [2.05, 4.69) is 19.2 Å². The highest BCUT2D eigenvalue weighted by atomic mass is 16.1. The first-order valence-corrected chi connectivity index (χ1v) is 7.23. The molecule has 96 valence electrons. The molecule has 1 saturated heterocycles. The van der Waals surface area contributed by atoms with Crippen LogP contribution in [0.2, 0.25) is 0 Å². The lowest BCUT2D eigenvalue weighted by atomic mass is 9.82. The van der Waals surface area contributed by atoms with Gasteiger partial charge in [-0.25, -0.2) is 0 Å². The lowest BCUT2D eigenvalue weighted by Gasteiger charge is -2.26. The molecule has 2 nitrogen and oxygen atoms in total. The monoisotopic (exact) mass is 236 g/mol. The Morgan fingerprint density at radius 3 is 1.82 bits per heavy atom. The fourth-order valence-electron chi connectivity index (χ4n) is 3.11. The molecular weight excluding hydrogens is 210 g/mol. The lowest BCUT2D eigenvalue weighted by molar-refractivity contribution is -0.885. The molecule has 0 aromatic rings. The van der Waals surface area contributed by atoms with Crippen molar-refractivity contribution in [3.63, 3.8) is 0 Å². The van der Waals surface area contributed by atoms with Crippen LogP contribution in [0.15, 0.2) is 12.2 Å². The molecular formula is C15H26NO+. The summed E-state index contributed by atoms with van der Waals surface area (Å²) in [4.78, 5) is 12.4. The molecule has 2 rings (SSSR count). The van der Waals surface area contributed by atoms with Gasteiger partial charge in [0.25, 0.3) is 0 Å². The number of likely N-dealkylation sites (tertiary alicyclic amines) is 1. The Morgan fingerprint density at radius 2 is 1.29 bits per heavy atom. The Kier molecular flexibility index (Phi) is 4.78. The van der Waals surface area contributed by atoms with Crippen molar-refractivity contribution in [2.75, 3.05) is 20.1 Å². The predicted octanol–water partition coefficient (Wildman–Crippen LogP) is 1.47. The van der Waals surface area contributed by atoms with Gasteiger partial charge in [-0.3, -0.25) is 0 Å². The SMILES string of the molecule is C[NH+]1CCC(C=CC2CCC(C=O)CC2)CC1. The Bertz CT molecular complexity index is 258. The number of allylic oxidation sites excluding steroid dienone is 2. The topological polar surface area (TPSA) is 21.5 Å². The molecule has 0 amide bonds. The van der Waals surface area contributed by atoms with Gasteiger partial charge in [0.2, 0.25) is 0 Å². The molecule has 0 spiro atoms. The zero-order valence-electron chi connectivity index (χ0n) is 11.0. The van der Waals surface area contributed by atoms with Crippen molar-refractivity contribution in [1.82, 2.24) is 0 Å². The molecule has 17 heavy (non-hydrogen) atoms. The molecule has 0 aromatic heterocycles. The minimum absolute atomic E-state index is 0.353. The highest BCUT2D eigenvalue weighted by molar-refractivity contribution is 5.53. The Morgan fingerprint density at radius 1 is 0.824 bits per heavy atom. The van der Waals surface area contributed by atoms with Crippen LogP contribution in [0.4, 0.5) is 0 Å². The molecule has 0 bridgehead atoms. The predicted molar refractivity (Wildman–Crippen MR) is 70.0 cm³/mol. The van der Waals surface area contributed by atoms with Crippen LogP contribution in [-0.4, -0.2) is 26.4 Å². The van der Waals surface area contributed by atoms with Crippen LogP contribution in [0.3, 0.4) is 0 Å². The Labute approximate surface area is 105 Å². The van der Waals surface area contributed by atoms with Gasteiger partial charge >= 0.3 is 0 Å². The van der Waals surface area contributed by atoms with Gasteiger partial charge in [0.05, 0.1) is 20.1 Å². The number of carbonyl (C=O) groups excluding carboxylic acids is 1.